The second kappa shape index (κ2) is 7.33. The van der Waals surface area contributed by atoms with Crippen LogP contribution in [0.5, 0.6) is 0 Å². The maximum absolute atomic E-state index is 11.5. The summed E-state index contributed by atoms with van der Waals surface area (Å²) in [5, 5.41) is 2.79. The molecular weight excluding hydrogens is 268 g/mol. The summed E-state index contributed by atoms with van der Waals surface area (Å²) in [5.41, 5.74) is 0.797. The molecule has 0 atom stereocenters. The SMILES string of the molecule is CC(=O)CCC(=O)NCCn1ccnc1-c1ccccn1. The van der Waals surface area contributed by atoms with E-state index in [0.717, 1.165) is 11.5 Å². The summed E-state index contributed by atoms with van der Waals surface area (Å²) < 4.78 is 1.94. The van der Waals surface area contributed by atoms with Crippen molar-refractivity contribution in [2.45, 2.75) is 26.3 Å². The number of carbonyl (C=O) groups excluding carboxylic acids is 2. The first-order chi connectivity index (χ1) is 10.2. The van der Waals surface area contributed by atoms with Gasteiger partial charge in [-0.2, -0.15) is 0 Å². The minimum Gasteiger partial charge on any atom is -0.354 e. The number of Topliss-reactive ketones (excluding diaryl/α,β-unsaturated/α-hetero) is 1. The summed E-state index contributed by atoms with van der Waals surface area (Å²) in [7, 11) is 0. The number of ketones is 1. The molecule has 0 spiro atoms. The molecule has 1 amide bonds. The van der Waals surface area contributed by atoms with E-state index in [1.807, 2.05) is 29.0 Å². The van der Waals surface area contributed by atoms with Crippen LogP contribution in [0.2, 0.25) is 0 Å². The van der Waals surface area contributed by atoms with E-state index in [1.54, 1.807) is 12.4 Å². The molecule has 2 aromatic heterocycles. The highest BCUT2D eigenvalue weighted by molar-refractivity contribution is 5.83. The van der Waals surface area contributed by atoms with E-state index in [2.05, 4.69) is 15.3 Å². The molecule has 21 heavy (non-hydrogen) atoms. The highest BCUT2D eigenvalue weighted by Crippen LogP contribution is 2.13. The molecule has 0 saturated carbocycles. The van der Waals surface area contributed by atoms with E-state index < -0.39 is 0 Å². The van der Waals surface area contributed by atoms with Gasteiger partial charge in [0.1, 0.15) is 11.5 Å². The fourth-order valence-corrected chi connectivity index (χ4v) is 1.91. The number of nitrogens with one attached hydrogen (secondary N) is 1. The number of amides is 1. The topological polar surface area (TPSA) is 76.9 Å². The third kappa shape index (κ3) is 4.52. The number of hydrogen-bond donors (Lipinski definition) is 1. The van der Waals surface area contributed by atoms with Crippen LogP contribution in [0.4, 0.5) is 0 Å². The molecule has 0 radical (unpaired) electrons. The molecular formula is C15H18N4O2. The summed E-state index contributed by atoms with van der Waals surface area (Å²) in [6.45, 7) is 2.59. The van der Waals surface area contributed by atoms with Crippen molar-refractivity contribution in [3.63, 3.8) is 0 Å². The van der Waals surface area contributed by atoms with Crippen molar-refractivity contribution in [2.75, 3.05) is 6.54 Å². The molecule has 0 aliphatic carbocycles. The van der Waals surface area contributed by atoms with Crippen molar-refractivity contribution in [3.05, 3.63) is 36.8 Å². The first-order valence-corrected chi connectivity index (χ1v) is 6.85. The Morgan fingerprint density at radius 3 is 2.76 bits per heavy atom. The monoisotopic (exact) mass is 286 g/mol. The lowest BCUT2D eigenvalue weighted by Gasteiger charge is -2.08. The Balaban J connectivity index is 1.86. The molecule has 2 rings (SSSR count). The maximum atomic E-state index is 11.5. The lowest BCUT2D eigenvalue weighted by atomic mass is 10.2. The fraction of sp³-hybridized carbons (Fsp3) is 0.333. The van der Waals surface area contributed by atoms with Crippen LogP contribution < -0.4 is 5.32 Å². The van der Waals surface area contributed by atoms with Crippen LogP contribution in [0, 0.1) is 0 Å². The van der Waals surface area contributed by atoms with Crippen molar-refractivity contribution in [2.24, 2.45) is 0 Å². The second-order valence-electron chi connectivity index (χ2n) is 4.71. The molecule has 6 heteroatoms. The van der Waals surface area contributed by atoms with Gasteiger partial charge in [-0.1, -0.05) is 6.07 Å². The van der Waals surface area contributed by atoms with Gasteiger partial charge < -0.3 is 14.7 Å². The zero-order chi connectivity index (χ0) is 15.1. The molecule has 2 heterocycles. The van der Waals surface area contributed by atoms with E-state index >= 15 is 0 Å². The number of carbonyl (C=O) groups is 2. The normalized spacial score (nSPS) is 10.3. The molecule has 0 fully saturated rings. The van der Waals surface area contributed by atoms with Gasteiger partial charge in [-0.15, -0.1) is 0 Å². The molecule has 2 aromatic rings. The van der Waals surface area contributed by atoms with E-state index in [1.165, 1.54) is 6.92 Å². The largest absolute Gasteiger partial charge is 0.354 e. The lowest BCUT2D eigenvalue weighted by molar-refractivity contribution is -0.124. The molecule has 6 nitrogen and oxygen atoms in total. The summed E-state index contributed by atoms with van der Waals surface area (Å²) in [6, 6.07) is 5.65. The van der Waals surface area contributed by atoms with E-state index in [9.17, 15) is 9.59 Å². The maximum Gasteiger partial charge on any atom is 0.220 e. The first kappa shape index (κ1) is 14.9. The highest BCUT2D eigenvalue weighted by Gasteiger charge is 2.07. The Morgan fingerprint density at radius 2 is 2.05 bits per heavy atom. The fourth-order valence-electron chi connectivity index (χ4n) is 1.91. The van der Waals surface area contributed by atoms with Crippen LogP contribution in [0.3, 0.4) is 0 Å². The van der Waals surface area contributed by atoms with Gasteiger partial charge in [0.2, 0.25) is 5.91 Å². The summed E-state index contributed by atoms with van der Waals surface area (Å²) >= 11 is 0. The molecule has 110 valence electrons. The summed E-state index contributed by atoms with van der Waals surface area (Å²) in [6.07, 6.45) is 5.81. The number of imidazole rings is 1. The molecule has 0 bridgehead atoms. The van der Waals surface area contributed by atoms with Crippen LogP contribution >= 0.6 is 0 Å². The van der Waals surface area contributed by atoms with Crippen LogP contribution in [0.1, 0.15) is 19.8 Å². The van der Waals surface area contributed by atoms with E-state index in [4.69, 9.17) is 0 Å². The Morgan fingerprint density at radius 1 is 1.19 bits per heavy atom. The van der Waals surface area contributed by atoms with Crippen LogP contribution in [-0.4, -0.2) is 32.8 Å². The van der Waals surface area contributed by atoms with Gasteiger partial charge in [0.25, 0.3) is 0 Å². The molecule has 0 saturated heterocycles. The van der Waals surface area contributed by atoms with Crippen molar-refractivity contribution >= 4 is 11.7 Å². The number of hydrogen-bond acceptors (Lipinski definition) is 4. The molecule has 1 N–H and O–H groups in total. The minimum absolute atomic E-state index is 0.0252. The number of aromatic nitrogens is 3. The van der Waals surface area contributed by atoms with Crippen molar-refractivity contribution in [1.82, 2.24) is 19.9 Å². The zero-order valence-electron chi connectivity index (χ0n) is 12.0. The van der Waals surface area contributed by atoms with Gasteiger partial charge in [-0.05, 0) is 19.1 Å². The van der Waals surface area contributed by atoms with E-state index in [-0.39, 0.29) is 24.5 Å². The van der Waals surface area contributed by atoms with Crippen molar-refractivity contribution < 1.29 is 9.59 Å². The van der Waals surface area contributed by atoms with Crippen LogP contribution in [0.25, 0.3) is 11.5 Å². The van der Waals surface area contributed by atoms with E-state index in [0.29, 0.717) is 13.1 Å². The van der Waals surface area contributed by atoms with Crippen molar-refractivity contribution in [3.8, 4) is 11.5 Å². The average molecular weight is 286 g/mol. The summed E-state index contributed by atoms with van der Waals surface area (Å²) in [5.74, 6) is 0.690. The highest BCUT2D eigenvalue weighted by atomic mass is 16.2. The predicted octanol–water partition coefficient (Wildman–Crippen LogP) is 1.43. The van der Waals surface area contributed by atoms with Crippen LogP contribution in [0.15, 0.2) is 36.8 Å². The van der Waals surface area contributed by atoms with Gasteiger partial charge in [-0.25, -0.2) is 4.98 Å². The molecule has 0 aromatic carbocycles. The third-order valence-electron chi connectivity index (χ3n) is 2.99. The lowest BCUT2D eigenvalue weighted by Crippen LogP contribution is -2.27. The Bertz CT molecular complexity index is 607. The molecule has 0 aliphatic heterocycles. The van der Waals surface area contributed by atoms with Gasteiger partial charge in [0.15, 0.2) is 5.82 Å². The average Bonchev–Trinajstić information content (AvgIpc) is 2.94. The predicted molar refractivity (Wildman–Crippen MR) is 78.4 cm³/mol. The Hall–Kier alpha value is -2.50. The molecule has 0 aliphatic rings. The number of nitrogens with zero attached hydrogens (tertiary/aromatic N) is 3. The van der Waals surface area contributed by atoms with Gasteiger partial charge >= 0.3 is 0 Å². The summed E-state index contributed by atoms with van der Waals surface area (Å²) in [4.78, 5) is 30.9. The molecule has 0 unspecified atom stereocenters. The number of rotatable bonds is 7. The van der Waals surface area contributed by atoms with Gasteiger partial charge in [0, 0.05) is 44.5 Å². The van der Waals surface area contributed by atoms with Gasteiger partial charge in [0.05, 0.1) is 0 Å². The number of pyridine rings is 1. The Kier molecular flexibility index (Phi) is 5.20. The van der Waals surface area contributed by atoms with Gasteiger partial charge in [-0.3, -0.25) is 9.78 Å². The van der Waals surface area contributed by atoms with Crippen LogP contribution in [-0.2, 0) is 16.1 Å². The Labute approximate surface area is 123 Å². The quantitative estimate of drug-likeness (QED) is 0.835. The second-order valence-corrected chi connectivity index (χ2v) is 4.71. The smallest absolute Gasteiger partial charge is 0.220 e. The van der Waals surface area contributed by atoms with Crippen molar-refractivity contribution in [1.29, 1.82) is 0 Å². The zero-order valence-corrected chi connectivity index (χ0v) is 12.0. The minimum atomic E-state index is -0.107. The third-order valence-corrected chi connectivity index (χ3v) is 2.99. The standard InChI is InChI=1S/C15H18N4O2/c1-12(20)5-6-14(21)17-8-10-19-11-9-18-15(19)13-4-2-3-7-16-13/h2-4,7,9,11H,5-6,8,10H2,1H3,(H,17,21). The first-order valence-electron chi connectivity index (χ1n) is 6.85.